The molecule has 0 aliphatic carbocycles. The number of anilines is 1. The lowest BCUT2D eigenvalue weighted by Gasteiger charge is -2.14. The van der Waals surface area contributed by atoms with Gasteiger partial charge in [-0.15, -0.1) is 0 Å². The summed E-state index contributed by atoms with van der Waals surface area (Å²) in [5.41, 5.74) is 6.35. The summed E-state index contributed by atoms with van der Waals surface area (Å²) in [6.07, 6.45) is 0. The quantitative estimate of drug-likeness (QED) is 0.337. The fraction of sp³-hybridized carbons (Fsp3) is 0.138. The smallest absolute Gasteiger partial charge is 0.255 e. The highest BCUT2D eigenvalue weighted by molar-refractivity contribution is 7.89. The lowest BCUT2D eigenvalue weighted by atomic mass is 10.0. The van der Waals surface area contributed by atoms with E-state index in [-0.39, 0.29) is 22.9 Å². The van der Waals surface area contributed by atoms with Crippen LogP contribution in [0.25, 0.3) is 11.1 Å². The Balaban J connectivity index is 1.58. The van der Waals surface area contributed by atoms with Crippen LogP contribution in [-0.2, 0) is 16.6 Å². The van der Waals surface area contributed by atoms with E-state index < -0.39 is 10.0 Å². The Morgan fingerprint density at radius 2 is 1.46 bits per heavy atom. The number of nitrogens with one attached hydrogen (secondary N) is 2. The van der Waals surface area contributed by atoms with Gasteiger partial charge in [0.1, 0.15) is 0 Å². The van der Waals surface area contributed by atoms with Gasteiger partial charge in [-0.25, -0.2) is 13.1 Å². The fourth-order valence-corrected chi connectivity index (χ4v) is 5.20. The maximum absolute atomic E-state index is 13.2. The predicted molar refractivity (Wildman–Crippen MR) is 141 cm³/mol. The van der Waals surface area contributed by atoms with Gasteiger partial charge in [0.25, 0.3) is 5.91 Å². The molecule has 1 amide bonds. The van der Waals surface area contributed by atoms with Gasteiger partial charge in [-0.2, -0.15) is 0 Å². The first-order chi connectivity index (χ1) is 16.7. The number of carbonyl (C=O) groups is 1. The van der Waals surface area contributed by atoms with Crippen molar-refractivity contribution < 1.29 is 13.2 Å². The van der Waals surface area contributed by atoms with Crippen LogP contribution in [0.5, 0.6) is 0 Å². The molecule has 0 saturated heterocycles. The second kappa shape index (κ2) is 10.3. The number of hydrogen-bond acceptors (Lipinski definition) is 3. The number of benzene rings is 4. The third-order valence-corrected chi connectivity index (χ3v) is 7.50. The molecule has 0 aliphatic rings. The van der Waals surface area contributed by atoms with Crippen molar-refractivity contribution in [1.82, 2.24) is 4.72 Å². The van der Waals surface area contributed by atoms with Gasteiger partial charge >= 0.3 is 0 Å². The van der Waals surface area contributed by atoms with E-state index in [1.807, 2.05) is 86.6 Å². The Morgan fingerprint density at radius 1 is 0.771 bits per heavy atom. The SMILES string of the molecule is Cc1ccc(C)c(CNS(=O)(=O)c2cc(C(=O)Nc3ccccc3-c3ccccc3)ccc2C)c1. The molecular formula is C29H28N2O3S. The van der Waals surface area contributed by atoms with Crippen molar-refractivity contribution in [2.24, 2.45) is 0 Å². The first-order valence-corrected chi connectivity index (χ1v) is 12.9. The van der Waals surface area contributed by atoms with Crippen LogP contribution in [0.2, 0.25) is 0 Å². The van der Waals surface area contributed by atoms with Crippen LogP contribution in [0.4, 0.5) is 5.69 Å². The highest BCUT2D eigenvalue weighted by atomic mass is 32.2. The molecule has 0 radical (unpaired) electrons. The molecule has 0 spiro atoms. The first kappa shape index (κ1) is 24.4. The molecule has 4 aromatic carbocycles. The van der Waals surface area contributed by atoms with Gasteiger partial charge in [0.15, 0.2) is 0 Å². The van der Waals surface area contributed by atoms with Crippen molar-refractivity contribution >= 4 is 21.6 Å². The second-order valence-electron chi connectivity index (χ2n) is 8.60. The van der Waals surface area contributed by atoms with Gasteiger partial charge in [0.2, 0.25) is 10.0 Å². The van der Waals surface area contributed by atoms with Crippen molar-refractivity contribution in [3.8, 4) is 11.1 Å². The molecule has 35 heavy (non-hydrogen) atoms. The molecule has 6 heteroatoms. The summed E-state index contributed by atoms with van der Waals surface area (Å²) in [5.74, 6) is -0.376. The summed E-state index contributed by atoms with van der Waals surface area (Å²) >= 11 is 0. The van der Waals surface area contributed by atoms with Crippen molar-refractivity contribution in [3.05, 3.63) is 119 Å². The molecule has 0 atom stereocenters. The minimum absolute atomic E-state index is 0.0896. The monoisotopic (exact) mass is 484 g/mol. The van der Waals surface area contributed by atoms with Crippen molar-refractivity contribution in [2.45, 2.75) is 32.2 Å². The van der Waals surface area contributed by atoms with Crippen LogP contribution in [0.1, 0.15) is 32.6 Å². The van der Waals surface area contributed by atoms with Gasteiger partial charge in [-0.1, -0.05) is 78.4 Å². The molecule has 0 bridgehead atoms. The zero-order valence-electron chi connectivity index (χ0n) is 20.0. The van der Waals surface area contributed by atoms with E-state index in [4.69, 9.17) is 0 Å². The highest BCUT2D eigenvalue weighted by Gasteiger charge is 2.20. The van der Waals surface area contributed by atoms with Gasteiger partial charge in [0.05, 0.1) is 4.90 Å². The van der Waals surface area contributed by atoms with Crippen molar-refractivity contribution in [3.63, 3.8) is 0 Å². The number of amides is 1. The minimum Gasteiger partial charge on any atom is -0.321 e. The number of sulfonamides is 1. The predicted octanol–water partition coefficient (Wildman–Crippen LogP) is 6.01. The van der Waals surface area contributed by atoms with E-state index in [0.29, 0.717) is 11.3 Å². The van der Waals surface area contributed by atoms with E-state index >= 15 is 0 Å². The third kappa shape index (κ3) is 5.67. The Hall–Kier alpha value is -3.74. The van der Waals surface area contributed by atoms with Crippen LogP contribution in [0, 0.1) is 20.8 Å². The van der Waals surface area contributed by atoms with Crippen molar-refractivity contribution in [2.75, 3.05) is 5.32 Å². The fourth-order valence-electron chi connectivity index (χ4n) is 3.93. The number of rotatable bonds is 7. The van der Waals surface area contributed by atoms with E-state index in [9.17, 15) is 13.2 Å². The van der Waals surface area contributed by atoms with E-state index in [1.54, 1.807) is 19.1 Å². The molecule has 0 unspecified atom stereocenters. The molecule has 178 valence electrons. The van der Waals surface area contributed by atoms with Crippen LogP contribution >= 0.6 is 0 Å². The lowest BCUT2D eigenvalue weighted by Crippen LogP contribution is -2.25. The maximum atomic E-state index is 13.2. The molecule has 2 N–H and O–H groups in total. The van der Waals surface area contributed by atoms with Gasteiger partial charge < -0.3 is 5.32 Å². The van der Waals surface area contributed by atoms with Crippen LogP contribution in [0.3, 0.4) is 0 Å². The van der Waals surface area contributed by atoms with Crippen LogP contribution < -0.4 is 10.0 Å². The van der Waals surface area contributed by atoms with Crippen molar-refractivity contribution in [1.29, 1.82) is 0 Å². The van der Waals surface area contributed by atoms with Gasteiger partial charge in [-0.3, -0.25) is 4.79 Å². The maximum Gasteiger partial charge on any atom is 0.255 e. The van der Waals surface area contributed by atoms with Crippen LogP contribution in [0.15, 0.2) is 95.9 Å². The van der Waals surface area contributed by atoms with Gasteiger partial charge in [0, 0.05) is 23.4 Å². The van der Waals surface area contributed by atoms with Crippen LogP contribution in [-0.4, -0.2) is 14.3 Å². The summed E-state index contributed by atoms with van der Waals surface area (Å²) in [5, 5.41) is 2.94. The Bertz CT molecular complexity index is 1480. The summed E-state index contributed by atoms with van der Waals surface area (Å²) in [6, 6.07) is 28.0. The average Bonchev–Trinajstić information content (AvgIpc) is 2.85. The van der Waals surface area contributed by atoms with Gasteiger partial charge in [-0.05, 0) is 61.2 Å². The number of aryl methyl sites for hydroxylation is 3. The zero-order chi connectivity index (χ0) is 25.0. The number of carbonyl (C=O) groups excluding carboxylic acids is 1. The average molecular weight is 485 g/mol. The molecule has 0 fully saturated rings. The van der Waals surface area contributed by atoms with E-state index in [0.717, 1.165) is 27.8 Å². The molecule has 0 saturated carbocycles. The molecule has 4 rings (SSSR count). The number of hydrogen-bond donors (Lipinski definition) is 2. The topological polar surface area (TPSA) is 75.3 Å². The molecule has 0 heterocycles. The molecule has 0 aliphatic heterocycles. The van der Waals surface area contributed by atoms with E-state index in [2.05, 4.69) is 10.0 Å². The van der Waals surface area contributed by atoms with E-state index in [1.165, 1.54) is 6.07 Å². The molecular weight excluding hydrogens is 456 g/mol. The molecule has 0 aromatic heterocycles. The highest BCUT2D eigenvalue weighted by Crippen LogP contribution is 2.28. The molecule has 5 nitrogen and oxygen atoms in total. The molecule has 4 aromatic rings. The lowest BCUT2D eigenvalue weighted by molar-refractivity contribution is 0.102. The summed E-state index contributed by atoms with van der Waals surface area (Å²) in [4.78, 5) is 13.2. The Labute approximate surface area is 206 Å². The zero-order valence-corrected chi connectivity index (χ0v) is 20.8. The first-order valence-electron chi connectivity index (χ1n) is 11.4. The number of para-hydroxylation sites is 1. The normalized spacial score (nSPS) is 11.3. The summed E-state index contributed by atoms with van der Waals surface area (Å²) < 4.78 is 29.0. The third-order valence-electron chi connectivity index (χ3n) is 5.96. The summed E-state index contributed by atoms with van der Waals surface area (Å²) in [6.45, 7) is 5.82. The Morgan fingerprint density at radius 3 is 2.23 bits per heavy atom. The minimum atomic E-state index is -3.83. The standard InChI is InChI=1S/C29H28N2O3S/c1-20-13-14-21(2)25(17-20)19-30-35(33,34)28-18-24(16-15-22(28)3)29(32)31-27-12-8-7-11-26(27)23-9-5-4-6-10-23/h4-18,30H,19H2,1-3H3,(H,31,32). The summed E-state index contributed by atoms with van der Waals surface area (Å²) in [7, 11) is -3.83. The Kier molecular flexibility index (Phi) is 7.15. The second-order valence-corrected chi connectivity index (χ2v) is 10.3. The largest absolute Gasteiger partial charge is 0.321 e.